The number of aromatic nitrogens is 1. The van der Waals surface area contributed by atoms with Crippen molar-refractivity contribution >= 4 is 11.8 Å². The smallest absolute Gasteiger partial charge is 0.249 e. The van der Waals surface area contributed by atoms with Gasteiger partial charge in [0, 0.05) is 6.07 Å². The molecule has 2 heterocycles. The summed E-state index contributed by atoms with van der Waals surface area (Å²) in [4.78, 5) is 26.4. The molecule has 6 heteroatoms. The summed E-state index contributed by atoms with van der Waals surface area (Å²) >= 11 is 0. The minimum Gasteiger partial charge on any atom is -0.361 e. The van der Waals surface area contributed by atoms with Crippen LogP contribution in [0.25, 0.3) is 0 Å². The molecule has 0 saturated carbocycles. The Morgan fingerprint density at radius 3 is 2.55 bits per heavy atom. The van der Waals surface area contributed by atoms with Crippen molar-refractivity contribution in [3.8, 4) is 0 Å². The molecule has 6 nitrogen and oxygen atoms in total. The summed E-state index contributed by atoms with van der Waals surface area (Å²) in [6.07, 6.45) is 1.16. The predicted octanol–water partition coefficient (Wildman–Crippen LogP) is 1.39. The molecule has 1 N–H and O–H groups in total. The maximum absolute atomic E-state index is 12.7. The molecule has 1 aliphatic heterocycles. The quantitative estimate of drug-likeness (QED) is 0.903. The third-order valence-corrected chi connectivity index (χ3v) is 4.10. The highest BCUT2D eigenvalue weighted by atomic mass is 16.5. The fourth-order valence-corrected chi connectivity index (χ4v) is 2.59. The highest BCUT2D eigenvalue weighted by molar-refractivity contribution is 5.99. The van der Waals surface area contributed by atoms with Gasteiger partial charge in [0.05, 0.1) is 6.54 Å². The second kappa shape index (κ2) is 5.26. The van der Waals surface area contributed by atoms with Crippen molar-refractivity contribution in [2.75, 3.05) is 0 Å². The maximum Gasteiger partial charge on any atom is 0.249 e. The van der Waals surface area contributed by atoms with E-state index in [9.17, 15) is 9.59 Å². The highest BCUT2D eigenvalue weighted by Crippen LogP contribution is 2.26. The van der Waals surface area contributed by atoms with E-state index in [1.54, 1.807) is 24.8 Å². The molecule has 1 saturated heterocycles. The molecule has 1 aliphatic rings. The lowest BCUT2D eigenvalue weighted by Gasteiger charge is -2.44. The summed E-state index contributed by atoms with van der Waals surface area (Å²) in [5.74, 6) is 0.530. The number of nitrogens with zero attached hydrogens (tertiary/aromatic N) is 2. The van der Waals surface area contributed by atoms with E-state index in [-0.39, 0.29) is 11.8 Å². The maximum atomic E-state index is 12.7. The topological polar surface area (TPSA) is 75.4 Å². The molecular weight excluding hydrogens is 258 g/mol. The Morgan fingerprint density at radius 1 is 1.40 bits per heavy atom. The number of piperazine rings is 1. The standard InChI is InChI=1S/C14H21N3O3/c1-5-14(6-2)13(19)17(10(4)12(18)15-14)8-11-7-9(3)20-16-11/h7,10H,5-6,8H2,1-4H3,(H,15,18). The van der Waals surface area contributed by atoms with Gasteiger partial charge in [-0.1, -0.05) is 19.0 Å². The summed E-state index contributed by atoms with van der Waals surface area (Å²) in [6, 6.07) is 1.29. The Labute approximate surface area is 118 Å². The van der Waals surface area contributed by atoms with E-state index in [4.69, 9.17) is 4.52 Å². The van der Waals surface area contributed by atoms with Gasteiger partial charge in [0.25, 0.3) is 0 Å². The first-order chi connectivity index (χ1) is 9.43. The van der Waals surface area contributed by atoms with Crippen LogP contribution in [0.3, 0.4) is 0 Å². The number of carbonyl (C=O) groups is 2. The molecule has 2 rings (SSSR count). The number of nitrogens with one attached hydrogen (secondary N) is 1. The van der Waals surface area contributed by atoms with E-state index >= 15 is 0 Å². The molecule has 20 heavy (non-hydrogen) atoms. The van der Waals surface area contributed by atoms with Crippen LogP contribution >= 0.6 is 0 Å². The molecular formula is C14H21N3O3. The van der Waals surface area contributed by atoms with Crippen LogP contribution in [0.15, 0.2) is 10.6 Å². The zero-order chi connectivity index (χ0) is 14.9. The van der Waals surface area contributed by atoms with Gasteiger partial charge in [-0.05, 0) is 26.7 Å². The number of amides is 2. The molecule has 110 valence electrons. The van der Waals surface area contributed by atoms with Crippen molar-refractivity contribution in [1.82, 2.24) is 15.4 Å². The predicted molar refractivity (Wildman–Crippen MR) is 72.7 cm³/mol. The van der Waals surface area contributed by atoms with E-state index in [2.05, 4.69) is 10.5 Å². The Balaban J connectivity index is 2.28. The van der Waals surface area contributed by atoms with Crippen molar-refractivity contribution in [2.24, 2.45) is 0 Å². The van der Waals surface area contributed by atoms with Crippen LogP contribution < -0.4 is 5.32 Å². The molecule has 1 fully saturated rings. The second-order valence-electron chi connectivity index (χ2n) is 5.32. The average Bonchev–Trinajstić information content (AvgIpc) is 2.84. The summed E-state index contributed by atoms with van der Waals surface area (Å²) in [5.41, 5.74) is -0.124. The van der Waals surface area contributed by atoms with Crippen molar-refractivity contribution < 1.29 is 14.1 Å². The second-order valence-corrected chi connectivity index (χ2v) is 5.32. The van der Waals surface area contributed by atoms with Crippen LogP contribution in [0, 0.1) is 6.92 Å². The van der Waals surface area contributed by atoms with Crippen LogP contribution in [0.2, 0.25) is 0 Å². The van der Waals surface area contributed by atoms with Crippen LogP contribution in [0.5, 0.6) is 0 Å². The molecule has 1 aromatic rings. The summed E-state index contributed by atoms with van der Waals surface area (Å²) in [7, 11) is 0. The number of rotatable bonds is 4. The van der Waals surface area contributed by atoms with E-state index in [0.717, 1.165) is 0 Å². The molecule has 0 bridgehead atoms. The van der Waals surface area contributed by atoms with Crippen molar-refractivity contribution in [2.45, 2.75) is 58.7 Å². The van der Waals surface area contributed by atoms with Gasteiger partial charge in [-0.25, -0.2) is 0 Å². The summed E-state index contributed by atoms with van der Waals surface area (Å²) < 4.78 is 5.02. The minimum absolute atomic E-state index is 0.0461. The van der Waals surface area contributed by atoms with Crippen LogP contribution in [0.4, 0.5) is 0 Å². The summed E-state index contributed by atoms with van der Waals surface area (Å²) in [5, 5.41) is 6.78. The number of hydrogen-bond donors (Lipinski definition) is 1. The monoisotopic (exact) mass is 279 g/mol. The number of carbonyl (C=O) groups excluding carboxylic acids is 2. The lowest BCUT2D eigenvalue weighted by Crippen LogP contribution is -2.69. The van der Waals surface area contributed by atoms with Gasteiger partial charge in [0.1, 0.15) is 23.0 Å². The zero-order valence-electron chi connectivity index (χ0n) is 12.4. The van der Waals surface area contributed by atoms with Gasteiger partial charge < -0.3 is 14.7 Å². The van der Waals surface area contributed by atoms with Gasteiger partial charge in [-0.3, -0.25) is 9.59 Å². The highest BCUT2D eigenvalue weighted by Gasteiger charge is 2.47. The van der Waals surface area contributed by atoms with Gasteiger partial charge in [0.15, 0.2) is 0 Å². The largest absolute Gasteiger partial charge is 0.361 e. The fourth-order valence-electron chi connectivity index (χ4n) is 2.59. The van der Waals surface area contributed by atoms with Gasteiger partial charge >= 0.3 is 0 Å². The van der Waals surface area contributed by atoms with Gasteiger partial charge in [0.2, 0.25) is 11.8 Å². The Hall–Kier alpha value is -1.85. The van der Waals surface area contributed by atoms with Crippen molar-refractivity contribution in [3.63, 3.8) is 0 Å². The fraction of sp³-hybridized carbons (Fsp3) is 0.643. The van der Waals surface area contributed by atoms with Gasteiger partial charge in [-0.2, -0.15) is 0 Å². The third kappa shape index (κ3) is 2.30. The molecule has 1 atom stereocenters. The first-order valence-electron chi connectivity index (χ1n) is 6.98. The van der Waals surface area contributed by atoms with Crippen molar-refractivity contribution in [3.05, 3.63) is 17.5 Å². The SMILES string of the molecule is CCC1(CC)NC(=O)C(C)N(Cc2cc(C)on2)C1=O. The summed E-state index contributed by atoms with van der Waals surface area (Å²) in [6.45, 7) is 7.65. The Bertz CT molecular complexity index is 519. The molecule has 0 aromatic carbocycles. The lowest BCUT2D eigenvalue weighted by molar-refractivity contribution is -0.155. The van der Waals surface area contributed by atoms with Crippen molar-refractivity contribution in [1.29, 1.82) is 0 Å². The average molecular weight is 279 g/mol. The molecule has 0 spiro atoms. The molecule has 0 radical (unpaired) electrons. The lowest BCUT2D eigenvalue weighted by atomic mass is 9.87. The third-order valence-electron chi connectivity index (χ3n) is 4.10. The Morgan fingerprint density at radius 2 is 2.05 bits per heavy atom. The van der Waals surface area contributed by atoms with E-state index in [0.29, 0.717) is 30.8 Å². The van der Waals surface area contributed by atoms with E-state index < -0.39 is 11.6 Å². The zero-order valence-corrected chi connectivity index (χ0v) is 12.4. The van der Waals surface area contributed by atoms with Crippen LogP contribution in [-0.2, 0) is 16.1 Å². The Kier molecular flexibility index (Phi) is 3.83. The molecule has 1 unspecified atom stereocenters. The van der Waals surface area contributed by atoms with Crippen LogP contribution in [-0.4, -0.2) is 33.5 Å². The van der Waals surface area contributed by atoms with Crippen LogP contribution in [0.1, 0.15) is 45.1 Å². The molecule has 1 aromatic heterocycles. The normalized spacial score (nSPS) is 22.0. The first kappa shape index (κ1) is 14.6. The first-order valence-corrected chi connectivity index (χ1v) is 6.98. The number of aryl methyl sites for hydroxylation is 1. The van der Waals surface area contributed by atoms with E-state index in [1.807, 2.05) is 13.8 Å². The number of hydrogen-bond acceptors (Lipinski definition) is 4. The molecule has 2 amide bonds. The molecule has 0 aliphatic carbocycles. The van der Waals surface area contributed by atoms with E-state index in [1.165, 1.54) is 0 Å². The minimum atomic E-state index is -0.789. The van der Waals surface area contributed by atoms with Gasteiger partial charge in [-0.15, -0.1) is 0 Å².